The molecule has 0 saturated carbocycles. The molecule has 0 aromatic heterocycles. The predicted molar refractivity (Wildman–Crippen MR) is 115 cm³/mol. The van der Waals surface area contributed by atoms with Gasteiger partial charge in [-0.25, -0.2) is 4.99 Å². The van der Waals surface area contributed by atoms with Gasteiger partial charge in [0.2, 0.25) is 0 Å². The van der Waals surface area contributed by atoms with Crippen LogP contribution in [0.5, 0.6) is 23.0 Å². The number of aliphatic imine (C=N–C) groups is 1. The van der Waals surface area contributed by atoms with E-state index in [-0.39, 0.29) is 0 Å². The van der Waals surface area contributed by atoms with Crippen LogP contribution in [0.3, 0.4) is 0 Å². The molecule has 0 heterocycles. The fraction of sp³-hybridized carbons (Fsp3) is 0.409. The van der Waals surface area contributed by atoms with E-state index in [9.17, 15) is 0 Å². The Morgan fingerprint density at radius 1 is 0.862 bits per heavy atom. The largest absolute Gasteiger partial charge is 0.497 e. The van der Waals surface area contributed by atoms with E-state index >= 15 is 0 Å². The number of nitrogens with one attached hydrogen (secondary N) is 2. The molecule has 7 heteroatoms. The maximum atomic E-state index is 5.57. The summed E-state index contributed by atoms with van der Waals surface area (Å²) in [4.78, 5) is 4.67. The van der Waals surface area contributed by atoms with Crippen molar-refractivity contribution in [2.75, 3.05) is 34.5 Å². The van der Waals surface area contributed by atoms with E-state index in [0.29, 0.717) is 25.4 Å². The normalized spacial score (nSPS) is 11.0. The molecular weight excluding hydrogens is 370 g/mol. The van der Waals surface area contributed by atoms with Crippen LogP contribution in [-0.2, 0) is 13.1 Å². The average Bonchev–Trinajstić information content (AvgIpc) is 2.76. The summed E-state index contributed by atoms with van der Waals surface area (Å²) in [6.45, 7) is 6.42. The molecular formula is C22H31N3O4. The fourth-order valence-electron chi connectivity index (χ4n) is 2.77. The quantitative estimate of drug-likeness (QED) is 0.470. The lowest BCUT2D eigenvalue weighted by Crippen LogP contribution is -2.36. The number of methoxy groups -OCH3 is 3. The van der Waals surface area contributed by atoms with E-state index in [4.69, 9.17) is 18.9 Å². The minimum absolute atomic E-state index is 0.512. The molecule has 0 aliphatic heterocycles. The van der Waals surface area contributed by atoms with Crippen molar-refractivity contribution in [3.8, 4) is 23.0 Å². The molecule has 0 bridgehead atoms. The summed E-state index contributed by atoms with van der Waals surface area (Å²) < 4.78 is 21.7. The third-order valence-electron chi connectivity index (χ3n) is 4.23. The molecule has 0 amide bonds. The van der Waals surface area contributed by atoms with Crippen molar-refractivity contribution in [3.63, 3.8) is 0 Å². The maximum absolute atomic E-state index is 5.57. The Kier molecular flexibility index (Phi) is 8.95. The monoisotopic (exact) mass is 401 g/mol. The van der Waals surface area contributed by atoms with Crippen molar-refractivity contribution in [1.29, 1.82) is 0 Å². The van der Waals surface area contributed by atoms with Crippen LogP contribution in [0.4, 0.5) is 0 Å². The minimum Gasteiger partial charge on any atom is -0.497 e. The van der Waals surface area contributed by atoms with Gasteiger partial charge in [-0.1, -0.05) is 6.07 Å². The standard InChI is InChI=1S/C22H31N3O4/c1-6-23-22(25-15-17-9-10-18(26-3)13-20(17)27-4)24-14-16-8-11-19(29-7-2)21(12-16)28-5/h8-13H,6-7,14-15H2,1-5H3,(H2,23,24,25). The van der Waals surface area contributed by atoms with E-state index in [1.807, 2.05) is 50.2 Å². The highest BCUT2D eigenvalue weighted by Crippen LogP contribution is 2.28. The van der Waals surface area contributed by atoms with Gasteiger partial charge in [-0.05, 0) is 43.7 Å². The zero-order valence-electron chi connectivity index (χ0n) is 17.9. The van der Waals surface area contributed by atoms with Crippen molar-refractivity contribution < 1.29 is 18.9 Å². The first-order valence-corrected chi connectivity index (χ1v) is 9.67. The van der Waals surface area contributed by atoms with Crippen LogP contribution in [0.15, 0.2) is 41.4 Å². The second-order valence-corrected chi connectivity index (χ2v) is 6.14. The van der Waals surface area contributed by atoms with Gasteiger partial charge in [0.15, 0.2) is 17.5 Å². The van der Waals surface area contributed by atoms with Crippen molar-refractivity contribution in [1.82, 2.24) is 10.6 Å². The Morgan fingerprint density at radius 3 is 2.31 bits per heavy atom. The number of ether oxygens (including phenoxy) is 4. The van der Waals surface area contributed by atoms with Gasteiger partial charge in [-0.15, -0.1) is 0 Å². The second-order valence-electron chi connectivity index (χ2n) is 6.14. The Morgan fingerprint density at radius 2 is 1.66 bits per heavy atom. The predicted octanol–water partition coefficient (Wildman–Crippen LogP) is 3.37. The van der Waals surface area contributed by atoms with Crippen molar-refractivity contribution in [2.24, 2.45) is 4.99 Å². The SMILES string of the molecule is CCNC(=NCc1ccc(OCC)c(OC)c1)NCc1ccc(OC)cc1OC. The van der Waals surface area contributed by atoms with E-state index in [1.54, 1.807) is 21.3 Å². The fourth-order valence-corrected chi connectivity index (χ4v) is 2.77. The van der Waals surface area contributed by atoms with Crippen LogP contribution in [-0.4, -0.2) is 40.4 Å². The molecule has 2 aromatic carbocycles. The lowest BCUT2D eigenvalue weighted by molar-refractivity contribution is 0.310. The maximum Gasteiger partial charge on any atom is 0.191 e. The van der Waals surface area contributed by atoms with E-state index in [1.165, 1.54) is 0 Å². The Balaban J connectivity index is 2.08. The van der Waals surface area contributed by atoms with Gasteiger partial charge in [0, 0.05) is 24.7 Å². The van der Waals surface area contributed by atoms with Crippen LogP contribution < -0.4 is 29.6 Å². The molecule has 158 valence electrons. The molecule has 0 aliphatic rings. The number of rotatable bonds is 10. The topological polar surface area (TPSA) is 73.3 Å². The lowest BCUT2D eigenvalue weighted by Gasteiger charge is -2.14. The van der Waals surface area contributed by atoms with Crippen LogP contribution in [0, 0.1) is 0 Å². The second kappa shape index (κ2) is 11.7. The summed E-state index contributed by atoms with van der Waals surface area (Å²) >= 11 is 0. The first kappa shape index (κ1) is 22.2. The summed E-state index contributed by atoms with van der Waals surface area (Å²) in [6.07, 6.45) is 0. The van der Waals surface area contributed by atoms with E-state index in [2.05, 4.69) is 15.6 Å². The Hall–Kier alpha value is -3.09. The summed E-state index contributed by atoms with van der Waals surface area (Å²) in [7, 11) is 4.92. The molecule has 29 heavy (non-hydrogen) atoms. The van der Waals surface area contributed by atoms with E-state index in [0.717, 1.165) is 40.9 Å². The molecule has 7 nitrogen and oxygen atoms in total. The number of nitrogens with zero attached hydrogens (tertiary/aromatic N) is 1. The molecule has 2 rings (SSSR count). The molecule has 0 fully saturated rings. The van der Waals surface area contributed by atoms with Crippen LogP contribution >= 0.6 is 0 Å². The van der Waals surface area contributed by atoms with Gasteiger partial charge in [-0.3, -0.25) is 0 Å². The molecule has 0 atom stereocenters. The van der Waals surface area contributed by atoms with Crippen LogP contribution in [0.2, 0.25) is 0 Å². The minimum atomic E-state index is 0.512. The third-order valence-corrected chi connectivity index (χ3v) is 4.23. The Bertz CT molecular complexity index is 809. The Labute approximate surface area is 173 Å². The molecule has 2 aromatic rings. The molecule has 0 radical (unpaired) electrons. The molecule has 0 spiro atoms. The van der Waals surface area contributed by atoms with E-state index < -0.39 is 0 Å². The number of guanidine groups is 1. The van der Waals surface area contributed by atoms with Crippen molar-refractivity contribution in [3.05, 3.63) is 47.5 Å². The zero-order valence-corrected chi connectivity index (χ0v) is 17.9. The van der Waals surface area contributed by atoms with Crippen molar-refractivity contribution >= 4 is 5.96 Å². The van der Waals surface area contributed by atoms with Gasteiger partial charge in [-0.2, -0.15) is 0 Å². The molecule has 2 N–H and O–H groups in total. The van der Waals surface area contributed by atoms with Gasteiger partial charge in [0.05, 0.1) is 34.5 Å². The third kappa shape index (κ3) is 6.48. The summed E-state index contributed by atoms with van der Waals surface area (Å²) in [5, 5.41) is 6.60. The van der Waals surface area contributed by atoms with Crippen LogP contribution in [0.25, 0.3) is 0 Å². The van der Waals surface area contributed by atoms with Crippen molar-refractivity contribution in [2.45, 2.75) is 26.9 Å². The number of hydrogen-bond donors (Lipinski definition) is 2. The zero-order chi connectivity index (χ0) is 21.1. The summed E-state index contributed by atoms with van der Waals surface area (Å²) in [5.74, 6) is 3.69. The smallest absolute Gasteiger partial charge is 0.191 e. The molecule has 0 saturated heterocycles. The van der Waals surface area contributed by atoms with Gasteiger partial charge in [0.1, 0.15) is 11.5 Å². The first-order valence-electron chi connectivity index (χ1n) is 9.67. The van der Waals surface area contributed by atoms with Gasteiger partial charge >= 0.3 is 0 Å². The average molecular weight is 402 g/mol. The summed E-state index contributed by atoms with van der Waals surface area (Å²) in [5.41, 5.74) is 2.05. The van der Waals surface area contributed by atoms with Gasteiger partial charge in [0.25, 0.3) is 0 Å². The molecule has 0 aliphatic carbocycles. The molecule has 0 unspecified atom stereocenters. The highest BCUT2D eigenvalue weighted by Gasteiger charge is 2.08. The van der Waals surface area contributed by atoms with Gasteiger partial charge < -0.3 is 29.6 Å². The number of hydrogen-bond acceptors (Lipinski definition) is 5. The summed E-state index contributed by atoms with van der Waals surface area (Å²) in [6, 6.07) is 11.6. The van der Waals surface area contributed by atoms with Crippen LogP contribution in [0.1, 0.15) is 25.0 Å². The number of benzene rings is 2. The first-order chi connectivity index (χ1) is 14.1. The highest BCUT2D eigenvalue weighted by atomic mass is 16.5. The highest BCUT2D eigenvalue weighted by molar-refractivity contribution is 5.79. The lowest BCUT2D eigenvalue weighted by atomic mass is 10.2.